The zero-order valence-electron chi connectivity index (χ0n) is 17.1. The second-order valence-electron chi connectivity index (χ2n) is 6.31. The van der Waals surface area contributed by atoms with Gasteiger partial charge in [-0.1, -0.05) is 12.1 Å². The van der Waals surface area contributed by atoms with Gasteiger partial charge in [0, 0.05) is 6.07 Å². The molecule has 31 heavy (non-hydrogen) atoms. The van der Waals surface area contributed by atoms with E-state index in [-0.39, 0.29) is 18.9 Å². The quantitative estimate of drug-likeness (QED) is 0.568. The summed E-state index contributed by atoms with van der Waals surface area (Å²) in [7, 11) is 1.58. The SMILES string of the molecule is CCOc1cc(/C=C2/SC(=Nc3cccc(OC)c3)NC2=O)ccc1OCCC(=O)O. The number of carboxylic acid groups (broad SMARTS) is 1. The summed E-state index contributed by atoms with van der Waals surface area (Å²) >= 11 is 1.23. The van der Waals surface area contributed by atoms with E-state index in [2.05, 4.69) is 10.3 Å². The van der Waals surface area contributed by atoms with Crippen molar-refractivity contribution in [3.05, 3.63) is 52.9 Å². The van der Waals surface area contributed by atoms with Gasteiger partial charge in [0.05, 0.1) is 37.3 Å². The van der Waals surface area contributed by atoms with E-state index in [1.54, 1.807) is 37.5 Å². The molecule has 0 saturated carbocycles. The first kappa shape index (κ1) is 22.2. The maximum absolute atomic E-state index is 12.4. The van der Waals surface area contributed by atoms with E-state index in [9.17, 15) is 9.59 Å². The van der Waals surface area contributed by atoms with E-state index >= 15 is 0 Å². The Morgan fingerprint density at radius 2 is 2.03 bits per heavy atom. The summed E-state index contributed by atoms with van der Waals surface area (Å²) in [5.41, 5.74) is 1.42. The lowest BCUT2D eigenvalue weighted by Crippen LogP contribution is -2.19. The van der Waals surface area contributed by atoms with Crippen molar-refractivity contribution >= 4 is 40.6 Å². The molecule has 3 rings (SSSR count). The van der Waals surface area contributed by atoms with Gasteiger partial charge in [-0.15, -0.1) is 0 Å². The largest absolute Gasteiger partial charge is 0.497 e. The van der Waals surface area contributed by atoms with Gasteiger partial charge in [0.15, 0.2) is 16.7 Å². The predicted molar refractivity (Wildman–Crippen MR) is 119 cm³/mol. The fourth-order valence-corrected chi connectivity index (χ4v) is 3.52. The summed E-state index contributed by atoms with van der Waals surface area (Å²) in [5.74, 6) is 0.437. The number of thioether (sulfide) groups is 1. The third-order valence-electron chi connectivity index (χ3n) is 4.07. The van der Waals surface area contributed by atoms with Crippen molar-refractivity contribution in [3.63, 3.8) is 0 Å². The van der Waals surface area contributed by atoms with Crippen molar-refractivity contribution in [2.45, 2.75) is 13.3 Å². The van der Waals surface area contributed by atoms with Crippen LogP contribution >= 0.6 is 11.8 Å². The summed E-state index contributed by atoms with van der Waals surface area (Å²) in [4.78, 5) is 28.0. The molecule has 2 N–H and O–H groups in total. The number of hydrogen-bond acceptors (Lipinski definition) is 7. The molecule has 8 nitrogen and oxygen atoms in total. The molecule has 1 amide bonds. The average molecular weight is 442 g/mol. The topological polar surface area (TPSA) is 106 Å². The molecule has 9 heteroatoms. The Bertz CT molecular complexity index is 1030. The first-order chi connectivity index (χ1) is 15.0. The van der Waals surface area contributed by atoms with E-state index in [1.165, 1.54) is 11.8 Å². The van der Waals surface area contributed by atoms with Crippen molar-refractivity contribution in [1.82, 2.24) is 5.32 Å². The van der Waals surface area contributed by atoms with Crippen LogP contribution < -0.4 is 19.5 Å². The highest BCUT2D eigenvalue weighted by atomic mass is 32.2. The second-order valence-corrected chi connectivity index (χ2v) is 7.35. The molecule has 1 saturated heterocycles. The molecule has 1 aliphatic heterocycles. The fourth-order valence-electron chi connectivity index (χ4n) is 2.68. The van der Waals surface area contributed by atoms with Gasteiger partial charge in [-0.25, -0.2) is 4.99 Å². The third-order valence-corrected chi connectivity index (χ3v) is 4.98. The number of carbonyl (C=O) groups is 2. The molecule has 0 aromatic heterocycles. The number of benzene rings is 2. The Kier molecular flexibility index (Phi) is 7.55. The number of aliphatic carboxylic acids is 1. The molecule has 0 aliphatic carbocycles. The molecule has 0 bridgehead atoms. The van der Waals surface area contributed by atoms with E-state index in [0.717, 1.165) is 5.56 Å². The van der Waals surface area contributed by atoms with E-state index < -0.39 is 5.97 Å². The number of hydrogen-bond donors (Lipinski definition) is 2. The highest BCUT2D eigenvalue weighted by Gasteiger charge is 2.24. The van der Waals surface area contributed by atoms with Crippen LogP contribution in [0.5, 0.6) is 17.2 Å². The number of methoxy groups -OCH3 is 1. The molecule has 2 aromatic carbocycles. The van der Waals surface area contributed by atoms with Crippen LogP contribution in [0.15, 0.2) is 52.4 Å². The summed E-state index contributed by atoms with van der Waals surface area (Å²) in [6.07, 6.45) is 1.63. The predicted octanol–water partition coefficient (Wildman–Crippen LogP) is 3.84. The molecule has 1 aliphatic rings. The first-order valence-electron chi connectivity index (χ1n) is 9.53. The molecular formula is C22H22N2O6S. The van der Waals surface area contributed by atoms with Gasteiger partial charge in [-0.3, -0.25) is 9.59 Å². The van der Waals surface area contributed by atoms with Crippen LogP contribution in [-0.2, 0) is 9.59 Å². The fraction of sp³-hybridized carbons (Fsp3) is 0.227. The molecule has 162 valence electrons. The minimum atomic E-state index is -0.935. The van der Waals surface area contributed by atoms with Crippen LogP contribution in [-0.4, -0.2) is 42.5 Å². The molecule has 1 fully saturated rings. The van der Waals surface area contributed by atoms with Crippen LogP contribution in [0.25, 0.3) is 6.08 Å². The number of carboxylic acids is 1. The molecule has 1 heterocycles. The van der Waals surface area contributed by atoms with Crippen LogP contribution in [0.1, 0.15) is 18.9 Å². The Balaban J connectivity index is 1.77. The minimum absolute atomic E-state index is 0.0399. The third kappa shape index (κ3) is 6.26. The van der Waals surface area contributed by atoms with Crippen LogP contribution in [0.2, 0.25) is 0 Å². The van der Waals surface area contributed by atoms with E-state index in [4.69, 9.17) is 19.3 Å². The maximum Gasteiger partial charge on any atom is 0.306 e. The van der Waals surface area contributed by atoms with Crippen molar-refractivity contribution < 1.29 is 28.9 Å². The summed E-state index contributed by atoms with van der Waals surface area (Å²) in [6, 6.07) is 12.5. The average Bonchev–Trinajstić information content (AvgIpc) is 3.08. The van der Waals surface area contributed by atoms with Crippen LogP contribution in [0.4, 0.5) is 5.69 Å². The van der Waals surface area contributed by atoms with Gasteiger partial charge in [0.25, 0.3) is 5.91 Å². The minimum Gasteiger partial charge on any atom is -0.497 e. The first-order valence-corrected chi connectivity index (χ1v) is 10.3. The van der Waals surface area contributed by atoms with Crippen molar-refractivity contribution in [1.29, 1.82) is 0 Å². The van der Waals surface area contributed by atoms with E-state index in [0.29, 0.717) is 39.6 Å². The van der Waals surface area contributed by atoms with E-state index in [1.807, 2.05) is 25.1 Å². The molecule has 0 radical (unpaired) electrons. The Morgan fingerprint density at radius 1 is 1.19 bits per heavy atom. The lowest BCUT2D eigenvalue weighted by atomic mass is 10.2. The Labute approximate surface area is 183 Å². The molecule has 0 atom stereocenters. The maximum atomic E-state index is 12.4. The van der Waals surface area contributed by atoms with Gasteiger partial charge in [-0.2, -0.15) is 0 Å². The number of amides is 1. The molecule has 0 unspecified atom stereocenters. The van der Waals surface area contributed by atoms with Crippen molar-refractivity contribution in [2.75, 3.05) is 20.3 Å². The zero-order chi connectivity index (χ0) is 22.2. The summed E-state index contributed by atoms with van der Waals surface area (Å²) in [6.45, 7) is 2.30. The highest BCUT2D eigenvalue weighted by molar-refractivity contribution is 8.18. The molecule has 2 aromatic rings. The monoisotopic (exact) mass is 442 g/mol. The number of amidine groups is 1. The Morgan fingerprint density at radius 3 is 2.77 bits per heavy atom. The number of ether oxygens (including phenoxy) is 3. The van der Waals surface area contributed by atoms with Crippen LogP contribution in [0.3, 0.4) is 0 Å². The number of aliphatic imine (C=N–C) groups is 1. The molecular weight excluding hydrogens is 420 g/mol. The number of carbonyl (C=O) groups excluding carboxylic acids is 1. The zero-order valence-corrected chi connectivity index (χ0v) is 17.9. The smallest absolute Gasteiger partial charge is 0.306 e. The van der Waals surface area contributed by atoms with Crippen molar-refractivity contribution in [2.24, 2.45) is 4.99 Å². The lowest BCUT2D eigenvalue weighted by molar-refractivity contribution is -0.137. The lowest BCUT2D eigenvalue weighted by Gasteiger charge is -2.12. The van der Waals surface area contributed by atoms with Gasteiger partial charge in [0.1, 0.15) is 5.75 Å². The normalized spacial score (nSPS) is 15.7. The number of rotatable bonds is 9. The van der Waals surface area contributed by atoms with Gasteiger partial charge in [-0.05, 0) is 54.6 Å². The summed E-state index contributed by atoms with van der Waals surface area (Å²) in [5, 5.41) is 12.0. The number of nitrogens with one attached hydrogen (secondary N) is 1. The molecule has 0 spiro atoms. The van der Waals surface area contributed by atoms with Gasteiger partial charge >= 0.3 is 5.97 Å². The standard InChI is InChI=1S/C22H22N2O6S/c1-3-29-18-11-14(7-8-17(18)30-10-9-20(25)26)12-19-21(27)24-22(31-19)23-15-5-4-6-16(13-15)28-2/h4-8,11-13H,3,9-10H2,1-2H3,(H,25,26)(H,23,24,27)/b19-12+. The highest BCUT2D eigenvalue weighted by Crippen LogP contribution is 2.33. The Hall–Kier alpha value is -3.46. The van der Waals surface area contributed by atoms with Gasteiger partial charge < -0.3 is 24.6 Å². The second kappa shape index (κ2) is 10.5. The summed E-state index contributed by atoms with van der Waals surface area (Å²) < 4.78 is 16.3. The van der Waals surface area contributed by atoms with Crippen LogP contribution in [0, 0.1) is 0 Å². The number of nitrogens with zero attached hydrogens (tertiary/aromatic N) is 1. The van der Waals surface area contributed by atoms with Crippen molar-refractivity contribution in [3.8, 4) is 17.2 Å². The van der Waals surface area contributed by atoms with Gasteiger partial charge in [0.2, 0.25) is 0 Å².